The molecule has 0 radical (unpaired) electrons. The van der Waals surface area contributed by atoms with Gasteiger partial charge < -0.3 is 14.2 Å². The van der Waals surface area contributed by atoms with Gasteiger partial charge in [-0.25, -0.2) is 0 Å². The molecule has 3 heteroatoms. The van der Waals surface area contributed by atoms with E-state index in [1.807, 2.05) is 0 Å². The van der Waals surface area contributed by atoms with Gasteiger partial charge in [0, 0.05) is 12.8 Å². The average molecular weight is 294 g/mol. The Morgan fingerprint density at radius 2 is 1.57 bits per heavy atom. The topological polar surface area (TPSA) is 37.6 Å². The van der Waals surface area contributed by atoms with Gasteiger partial charge >= 0.3 is 0 Å². The molecule has 3 heterocycles. The Hall–Kier alpha value is -0.120. The smallest absolute Gasteiger partial charge is 0.101 e. The molecule has 1 aliphatic carbocycles. The Bertz CT molecular complexity index is 452. The molecule has 120 valence electrons. The van der Waals surface area contributed by atoms with Crippen molar-refractivity contribution in [1.82, 2.24) is 0 Å². The number of hydrogen-bond acceptors (Lipinski definition) is 3. The molecule has 1 saturated carbocycles. The normalized spacial score (nSPS) is 57.7. The van der Waals surface area contributed by atoms with Crippen molar-refractivity contribution in [2.75, 3.05) is 0 Å². The first-order chi connectivity index (χ1) is 9.91. The average Bonchev–Trinajstić information content (AvgIpc) is 3.31. The van der Waals surface area contributed by atoms with Crippen molar-refractivity contribution in [3.8, 4) is 0 Å². The maximum absolute atomic E-state index is 6.55. The van der Waals surface area contributed by atoms with Crippen LogP contribution in [0.15, 0.2) is 0 Å². The van der Waals surface area contributed by atoms with Gasteiger partial charge in [0.15, 0.2) is 0 Å². The van der Waals surface area contributed by atoms with Crippen molar-refractivity contribution in [3.63, 3.8) is 0 Å². The minimum Gasteiger partial charge on any atom is -0.366 e. The van der Waals surface area contributed by atoms with E-state index in [0.29, 0.717) is 12.2 Å². The summed E-state index contributed by atoms with van der Waals surface area (Å²) in [5.41, 5.74) is 0.278. The summed E-state index contributed by atoms with van der Waals surface area (Å²) >= 11 is 0. The lowest BCUT2D eigenvalue weighted by atomic mass is 9.74. The summed E-state index contributed by atoms with van der Waals surface area (Å²) in [4.78, 5) is 0. The quantitative estimate of drug-likeness (QED) is 0.736. The molecule has 0 aromatic carbocycles. The van der Waals surface area contributed by atoms with Gasteiger partial charge in [-0.3, -0.25) is 0 Å². The van der Waals surface area contributed by atoms with Crippen molar-refractivity contribution >= 4 is 0 Å². The van der Waals surface area contributed by atoms with Crippen LogP contribution >= 0.6 is 0 Å². The number of fused-ring (bicyclic) bond motifs is 3. The monoisotopic (exact) mass is 294 g/mol. The van der Waals surface area contributed by atoms with Crippen molar-refractivity contribution in [1.29, 1.82) is 0 Å². The fraction of sp³-hybridized carbons (Fsp3) is 1.00. The summed E-state index contributed by atoms with van der Waals surface area (Å²) in [5.74, 6) is 0. The molecule has 3 aliphatic heterocycles. The van der Waals surface area contributed by atoms with E-state index in [-0.39, 0.29) is 22.4 Å². The molecular formula is C18H30O3. The predicted molar refractivity (Wildman–Crippen MR) is 81.4 cm³/mol. The molecule has 3 saturated heterocycles. The van der Waals surface area contributed by atoms with Crippen LogP contribution in [-0.4, -0.2) is 34.6 Å². The third kappa shape index (κ3) is 2.04. The summed E-state index contributed by atoms with van der Waals surface area (Å²) in [6, 6.07) is 0. The fourth-order valence-electron chi connectivity index (χ4n) is 5.19. The van der Waals surface area contributed by atoms with Crippen LogP contribution in [-0.2, 0) is 14.2 Å². The largest absolute Gasteiger partial charge is 0.366 e. The van der Waals surface area contributed by atoms with Crippen LogP contribution in [0.2, 0.25) is 0 Å². The predicted octanol–water partition coefficient (Wildman–Crippen LogP) is 3.98. The highest BCUT2D eigenvalue weighted by Crippen LogP contribution is 2.66. The number of ether oxygens (including phenoxy) is 3. The first-order valence-corrected chi connectivity index (χ1v) is 8.97. The molecule has 0 aromatic heterocycles. The molecule has 3 nitrogen and oxygen atoms in total. The maximum Gasteiger partial charge on any atom is 0.101 e. The molecule has 0 aromatic rings. The van der Waals surface area contributed by atoms with Crippen LogP contribution in [0.1, 0.15) is 79.1 Å². The Kier molecular flexibility index (Phi) is 2.92. The zero-order valence-corrected chi connectivity index (χ0v) is 14.0. The van der Waals surface area contributed by atoms with Crippen LogP contribution in [0.3, 0.4) is 0 Å². The minimum absolute atomic E-state index is 0.0583. The molecule has 21 heavy (non-hydrogen) atoms. The number of epoxide rings is 3. The van der Waals surface area contributed by atoms with E-state index in [1.54, 1.807) is 0 Å². The van der Waals surface area contributed by atoms with Crippen LogP contribution in [0.25, 0.3) is 0 Å². The van der Waals surface area contributed by atoms with E-state index in [0.717, 1.165) is 25.7 Å². The lowest BCUT2D eigenvalue weighted by molar-refractivity contribution is 0.195. The van der Waals surface area contributed by atoms with E-state index >= 15 is 0 Å². The molecule has 4 fully saturated rings. The van der Waals surface area contributed by atoms with Gasteiger partial charge in [0.25, 0.3) is 0 Å². The molecule has 6 atom stereocenters. The highest BCUT2D eigenvalue weighted by atomic mass is 16.7. The summed E-state index contributed by atoms with van der Waals surface area (Å²) in [7, 11) is 0. The van der Waals surface area contributed by atoms with Gasteiger partial charge in [-0.1, -0.05) is 26.7 Å². The summed E-state index contributed by atoms with van der Waals surface area (Å²) < 4.78 is 18.7. The Labute approximate surface area is 128 Å². The SMILES string of the molecule is CCC[C@@]12C[C@@H]3O[C@]3(C)CC[C@H]3O[C@]3(C)C[C@]1(CCC)O2. The van der Waals surface area contributed by atoms with Gasteiger partial charge in [-0.15, -0.1) is 0 Å². The molecular weight excluding hydrogens is 264 g/mol. The highest BCUT2D eigenvalue weighted by molar-refractivity contribution is 5.24. The third-order valence-electron chi connectivity index (χ3n) is 6.61. The zero-order chi connectivity index (χ0) is 14.9. The summed E-state index contributed by atoms with van der Waals surface area (Å²) in [6.07, 6.45) is 10.0. The van der Waals surface area contributed by atoms with Gasteiger partial charge in [0.2, 0.25) is 0 Å². The molecule has 0 spiro atoms. The molecule has 0 N–H and O–H groups in total. The second-order valence-corrected chi connectivity index (χ2v) is 8.35. The number of rotatable bonds is 4. The zero-order valence-electron chi connectivity index (χ0n) is 14.0. The van der Waals surface area contributed by atoms with Crippen LogP contribution in [0.4, 0.5) is 0 Å². The van der Waals surface area contributed by atoms with Gasteiger partial charge in [-0.05, 0) is 39.5 Å². The molecule has 0 unspecified atom stereocenters. The van der Waals surface area contributed by atoms with Crippen LogP contribution < -0.4 is 0 Å². The van der Waals surface area contributed by atoms with E-state index in [9.17, 15) is 0 Å². The van der Waals surface area contributed by atoms with Crippen molar-refractivity contribution < 1.29 is 14.2 Å². The highest BCUT2D eigenvalue weighted by Gasteiger charge is 2.75. The standard InChI is InChI=1S/C18H30O3/c1-5-8-17-11-14-15(3,20-14)10-7-13-16(4,19-13)12-18(17,21-17)9-6-2/h13-14H,5-12H2,1-4H3/t13-,14+,15-,16-,17-,18+/m1/s1. The van der Waals surface area contributed by atoms with E-state index in [4.69, 9.17) is 14.2 Å². The van der Waals surface area contributed by atoms with E-state index in [1.165, 1.54) is 25.7 Å². The summed E-state index contributed by atoms with van der Waals surface area (Å²) in [5, 5.41) is 0. The molecule has 0 amide bonds. The lowest BCUT2D eigenvalue weighted by Gasteiger charge is -2.23. The minimum atomic E-state index is 0.0583. The first kappa shape index (κ1) is 14.5. The molecule has 4 aliphatic rings. The maximum atomic E-state index is 6.55. The lowest BCUT2D eigenvalue weighted by Crippen LogP contribution is -2.34. The van der Waals surface area contributed by atoms with Crippen LogP contribution in [0, 0.1) is 0 Å². The second kappa shape index (κ2) is 4.24. The summed E-state index contributed by atoms with van der Waals surface area (Å²) in [6.45, 7) is 9.12. The van der Waals surface area contributed by atoms with E-state index in [2.05, 4.69) is 27.7 Å². The Balaban J connectivity index is 1.63. The van der Waals surface area contributed by atoms with E-state index < -0.39 is 0 Å². The van der Waals surface area contributed by atoms with Crippen molar-refractivity contribution in [3.05, 3.63) is 0 Å². The first-order valence-electron chi connectivity index (χ1n) is 8.97. The Morgan fingerprint density at radius 3 is 2.29 bits per heavy atom. The van der Waals surface area contributed by atoms with Crippen molar-refractivity contribution in [2.24, 2.45) is 0 Å². The molecule has 0 bridgehead atoms. The van der Waals surface area contributed by atoms with Crippen molar-refractivity contribution in [2.45, 2.75) is 114 Å². The molecule has 4 rings (SSSR count). The Morgan fingerprint density at radius 1 is 0.905 bits per heavy atom. The van der Waals surface area contributed by atoms with Gasteiger partial charge in [0.1, 0.15) is 11.2 Å². The van der Waals surface area contributed by atoms with Crippen LogP contribution in [0.5, 0.6) is 0 Å². The third-order valence-corrected chi connectivity index (χ3v) is 6.61. The van der Waals surface area contributed by atoms with Gasteiger partial charge in [-0.2, -0.15) is 0 Å². The fourth-order valence-corrected chi connectivity index (χ4v) is 5.19. The second-order valence-electron chi connectivity index (χ2n) is 8.35. The van der Waals surface area contributed by atoms with Gasteiger partial charge in [0.05, 0.1) is 23.4 Å². The number of hydrogen-bond donors (Lipinski definition) is 0.